The maximum Gasteiger partial charge on any atom is 0.238 e. The van der Waals surface area contributed by atoms with Gasteiger partial charge in [0.1, 0.15) is 17.2 Å². The monoisotopic (exact) mass is 511 g/mol. The van der Waals surface area contributed by atoms with Gasteiger partial charge in [0.2, 0.25) is 5.91 Å². The number of ketones is 2. The maximum atomic E-state index is 14.6. The largest absolute Gasteiger partial charge is 0.358 e. The number of anilines is 1. The van der Waals surface area contributed by atoms with E-state index < -0.39 is 23.4 Å². The van der Waals surface area contributed by atoms with Gasteiger partial charge in [0.25, 0.3) is 0 Å². The lowest BCUT2D eigenvalue weighted by atomic mass is 9.63. The number of fused-ring (bicyclic) bond motifs is 6. The molecule has 4 aromatic rings. The van der Waals surface area contributed by atoms with E-state index in [9.17, 15) is 14.4 Å². The van der Waals surface area contributed by atoms with Crippen LogP contribution in [-0.2, 0) is 10.2 Å². The van der Waals surface area contributed by atoms with Crippen molar-refractivity contribution in [2.24, 2.45) is 5.92 Å². The molecular weight excluding hydrogens is 486 g/mol. The van der Waals surface area contributed by atoms with Crippen molar-refractivity contribution in [3.63, 3.8) is 0 Å². The standard InChI is InChI=1S/C33H25N3O3/c1-20-13-15-22(16-14-20)29(37)28-27(30(38)26-12-6-7-18-34-26)33(24-10-4-5-11-25(24)35-32(33)39)31-23-9-3-2-8-21(23)17-19-36(28)31/h2-19,27-28,31H,1H3,(H,35,39). The number of para-hydroxylation sites is 1. The van der Waals surface area contributed by atoms with Crippen LogP contribution in [0.2, 0.25) is 0 Å². The van der Waals surface area contributed by atoms with Crippen molar-refractivity contribution in [2.45, 2.75) is 24.4 Å². The average molecular weight is 512 g/mol. The summed E-state index contributed by atoms with van der Waals surface area (Å²) in [4.78, 5) is 49.7. The average Bonchev–Trinajstić information content (AvgIpc) is 3.45. The van der Waals surface area contributed by atoms with Gasteiger partial charge in [0.15, 0.2) is 11.6 Å². The van der Waals surface area contributed by atoms with Crippen LogP contribution in [0.15, 0.2) is 103 Å². The molecule has 39 heavy (non-hydrogen) atoms. The molecule has 1 N–H and O–H groups in total. The minimum Gasteiger partial charge on any atom is -0.358 e. The fraction of sp³-hybridized carbons (Fsp3) is 0.152. The molecule has 4 unspecified atom stereocenters. The van der Waals surface area contributed by atoms with E-state index in [2.05, 4.69) is 10.3 Å². The number of rotatable bonds is 4. The zero-order chi connectivity index (χ0) is 26.7. The van der Waals surface area contributed by atoms with Crippen molar-refractivity contribution in [3.05, 3.63) is 137 Å². The molecule has 1 saturated heterocycles. The highest BCUT2D eigenvalue weighted by molar-refractivity contribution is 6.16. The van der Waals surface area contributed by atoms with Gasteiger partial charge in [-0.15, -0.1) is 0 Å². The Hall–Kier alpha value is -4.84. The molecule has 6 nitrogen and oxygen atoms in total. The summed E-state index contributed by atoms with van der Waals surface area (Å²) >= 11 is 0. The molecular formula is C33H25N3O3. The molecule has 0 radical (unpaired) electrons. The van der Waals surface area contributed by atoms with Gasteiger partial charge in [-0.1, -0.05) is 78.4 Å². The molecule has 3 aliphatic heterocycles. The number of carbonyl (C=O) groups is 3. The molecule has 1 aromatic heterocycles. The number of nitrogens with one attached hydrogen (secondary N) is 1. The highest BCUT2D eigenvalue weighted by Crippen LogP contribution is 2.62. The molecule has 0 aliphatic carbocycles. The van der Waals surface area contributed by atoms with Gasteiger partial charge in [-0.3, -0.25) is 19.4 Å². The van der Waals surface area contributed by atoms with Gasteiger partial charge in [-0.2, -0.15) is 0 Å². The zero-order valence-corrected chi connectivity index (χ0v) is 21.2. The lowest BCUT2D eigenvalue weighted by Gasteiger charge is -2.38. The lowest BCUT2D eigenvalue weighted by Crippen LogP contribution is -2.49. The quantitative estimate of drug-likeness (QED) is 0.373. The molecule has 4 heterocycles. The summed E-state index contributed by atoms with van der Waals surface area (Å²) in [5.74, 6) is -1.83. The van der Waals surface area contributed by atoms with Gasteiger partial charge in [-0.25, -0.2) is 0 Å². The first kappa shape index (κ1) is 23.3. The number of amides is 1. The van der Waals surface area contributed by atoms with E-state index in [1.807, 2.05) is 84.8 Å². The topological polar surface area (TPSA) is 79.4 Å². The molecule has 3 aliphatic rings. The van der Waals surface area contributed by atoms with Crippen LogP contribution in [0.4, 0.5) is 5.69 Å². The highest BCUT2D eigenvalue weighted by atomic mass is 16.2. The molecule has 1 spiro atoms. The molecule has 190 valence electrons. The Kier molecular flexibility index (Phi) is 5.13. The predicted octanol–water partition coefficient (Wildman–Crippen LogP) is 5.37. The van der Waals surface area contributed by atoms with Gasteiger partial charge in [-0.05, 0) is 47.9 Å². The van der Waals surface area contributed by atoms with Gasteiger partial charge in [0, 0.05) is 23.6 Å². The number of hydrogen-bond acceptors (Lipinski definition) is 5. The van der Waals surface area contributed by atoms with Crippen LogP contribution in [0.3, 0.4) is 0 Å². The molecule has 0 bridgehead atoms. The zero-order valence-electron chi connectivity index (χ0n) is 21.2. The SMILES string of the molecule is Cc1ccc(C(=O)C2C(C(=O)c3ccccn3)C3(C(=O)Nc4ccccc43)C3c4ccccc4C=CN23)cc1. The van der Waals surface area contributed by atoms with E-state index in [1.54, 1.807) is 36.5 Å². The minimum atomic E-state index is -1.35. The van der Waals surface area contributed by atoms with Crippen LogP contribution in [0.1, 0.15) is 49.1 Å². The third-order valence-electron chi connectivity index (χ3n) is 8.37. The molecule has 1 fully saturated rings. The minimum absolute atomic E-state index is 0.202. The number of carbonyl (C=O) groups excluding carboxylic acids is 3. The Labute approximate surface area is 226 Å². The second kappa shape index (κ2) is 8.60. The summed E-state index contributed by atoms with van der Waals surface area (Å²) in [7, 11) is 0. The van der Waals surface area contributed by atoms with Crippen LogP contribution in [0.5, 0.6) is 0 Å². The van der Waals surface area contributed by atoms with E-state index >= 15 is 0 Å². The molecule has 4 atom stereocenters. The Balaban J connectivity index is 1.54. The second-order valence-electron chi connectivity index (χ2n) is 10.4. The Morgan fingerprint density at radius 3 is 2.41 bits per heavy atom. The summed E-state index contributed by atoms with van der Waals surface area (Å²) in [5, 5.41) is 3.06. The van der Waals surface area contributed by atoms with E-state index in [-0.39, 0.29) is 23.2 Å². The van der Waals surface area contributed by atoms with Crippen molar-refractivity contribution in [3.8, 4) is 0 Å². The maximum absolute atomic E-state index is 14.6. The first-order valence-corrected chi connectivity index (χ1v) is 13.0. The number of hydrogen-bond donors (Lipinski definition) is 1. The van der Waals surface area contributed by atoms with E-state index in [0.29, 0.717) is 11.3 Å². The second-order valence-corrected chi connectivity index (χ2v) is 10.4. The smallest absolute Gasteiger partial charge is 0.238 e. The molecule has 3 aromatic carbocycles. The van der Waals surface area contributed by atoms with Crippen molar-refractivity contribution >= 4 is 29.2 Å². The van der Waals surface area contributed by atoms with Crippen LogP contribution < -0.4 is 5.32 Å². The molecule has 6 heteroatoms. The van der Waals surface area contributed by atoms with E-state index in [4.69, 9.17) is 0 Å². The van der Waals surface area contributed by atoms with E-state index in [1.165, 1.54) is 0 Å². The van der Waals surface area contributed by atoms with Gasteiger partial charge >= 0.3 is 0 Å². The number of nitrogens with zero attached hydrogens (tertiary/aromatic N) is 2. The number of aryl methyl sites for hydroxylation is 1. The van der Waals surface area contributed by atoms with Crippen molar-refractivity contribution in [1.82, 2.24) is 9.88 Å². The van der Waals surface area contributed by atoms with Crippen molar-refractivity contribution in [2.75, 3.05) is 5.32 Å². The Morgan fingerprint density at radius 1 is 0.872 bits per heavy atom. The van der Waals surface area contributed by atoms with Crippen LogP contribution >= 0.6 is 0 Å². The summed E-state index contributed by atoms with van der Waals surface area (Å²) in [6.45, 7) is 1.96. The normalized spacial score (nSPS) is 24.2. The highest BCUT2D eigenvalue weighted by Gasteiger charge is 2.70. The summed E-state index contributed by atoms with van der Waals surface area (Å²) < 4.78 is 0. The van der Waals surface area contributed by atoms with Crippen LogP contribution in [-0.4, -0.2) is 33.4 Å². The first-order valence-electron chi connectivity index (χ1n) is 13.0. The Morgan fingerprint density at radius 2 is 1.62 bits per heavy atom. The van der Waals surface area contributed by atoms with Crippen LogP contribution in [0.25, 0.3) is 6.08 Å². The third-order valence-corrected chi connectivity index (χ3v) is 8.37. The molecule has 1 amide bonds. The summed E-state index contributed by atoms with van der Waals surface area (Å²) in [6.07, 6.45) is 5.41. The van der Waals surface area contributed by atoms with Crippen molar-refractivity contribution < 1.29 is 14.4 Å². The number of pyridine rings is 1. The predicted molar refractivity (Wildman–Crippen MR) is 148 cm³/mol. The van der Waals surface area contributed by atoms with Gasteiger partial charge < -0.3 is 10.2 Å². The number of Topliss-reactive ketones (excluding diaryl/α,β-unsaturated/α-hetero) is 2. The van der Waals surface area contributed by atoms with Gasteiger partial charge in [0.05, 0.1) is 12.0 Å². The van der Waals surface area contributed by atoms with Crippen LogP contribution in [0, 0.1) is 12.8 Å². The summed E-state index contributed by atoms with van der Waals surface area (Å²) in [6, 6.07) is 26.4. The molecule has 0 saturated carbocycles. The Bertz CT molecular complexity index is 1680. The fourth-order valence-corrected chi connectivity index (χ4v) is 6.72. The first-order chi connectivity index (χ1) is 19.0. The summed E-state index contributed by atoms with van der Waals surface area (Å²) in [5.41, 5.74) is 3.67. The third kappa shape index (κ3) is 3.21. The lowest BCUT2D eigenvalue weighted by molar-refractivity contribution is -0.122. The van der Waals surface area contributed by atoms with Crippen molar-refractivity contribution in [1.29, 1.82) is 0 Å². The van der Waals surface area contributed by atoms with E-state index in [0.717, 1.165) is 22.3 Å². The number of benzene rings is 3. The fourth-order valence-electron chi connectivity index (χ4n) is 6.72. The molecule has 7 rings (SSSR count). The number of aromatic nitrogens is 1.